The van der Waals surface area contributed by atoms with Crippen LogP contribution in [0, 0.1) is 16.0 Å². The number of benzene rings is 1. The highest BCUT2D eigenvalue weighted by molar-refractivity contribution is 9.10. The summed E-state index contributed by atoms with van der Waals surface area (Å²) in [6.45, 7) is 1.51. The third kappa shape index (κ3) is 4.28. The van der Waals surface area contributed by atoms with Crippen molar-refractivity contribution in [2.24, 2.45) is 5.92 Å². The number of nitro benzene ring substituents is 1. The highest BCUT2D eigenvalue weighted by atomic mass is 79.9. The zero-order valence-corrected chi connectivity index (χ0v) is 12.5. The van der Waals surface area contributed by atoms with Crippen molar-refractivity contribution in [2.45, 2.75) is 38.6 Å². The molecule has 0 radical (unpaired) electrons. The van der Waals surface area contributed by atoms with Crippen LogP contribution in [-0.2, 0) is 6.54 Å². The zero-order valence-electron chi connectivity index (χ0n) is 10.9. The van der Waals surface area contributed by atoms with Gasteiger partial charge in [-0.1, -0.05) is 41.6 Å². The smallest absolute Gasteiger partial charge is 0.275 e. The Morgan fingerprint density at radius 2 is 2.11 bits per heavy atom. The summed E-state index contributed by atoms with van der Waals surface area (Å²) in [7, 11) is 0. The predicted molar refractivity (Wildman–Crippen MR) is 79.1 cm³/mol. The van der Waals surface area contributed by atoms with E-state index in [2.05, 4.69) is 21.2 Å². The molecular weight excluding hydrogens is 308 g/mol. The molecule has 1 aromatic rings. The van der Waals surface area contributed by atoms with Gasteiger partial charge in [-0.3, -0.25) is 10.1 Å². The van der Waals surface area contributed by atoms with Gasteiger partial charge in [-0.05, 0) is 31.0 Å². The Bertz CT molecular complexity index is 445. The monoisotopic (exact) mass is 326 g/mol. The van der Waals surface area contributed by atoms with E-state index in [0.717, 1.165) is 22.5 Å². The molecule has 0 aromatic heterocycles. The van der Waals surface area contributed by atoms with Crippen molar-refractivity contribution in [3.8, 4) is 0 Å². The van der Waals surface area contributed by atoms with Crippen LogP contribution in [-0.4, -0.2) is 11.5 Å². The maximum atomic E-state index is 11.0. The van der Waals surface area contributed by atoms with Crippen molar-refractivity contribution in [3.63, 3.8) is 0 Å². The molecule has 2 rings (SSSR count). The summed E-state index contributed by atoms with van der Waals surface area (Å²) in [5, 5.41) is 14.3. The van der Waals surface area contributed by atoms with E-state index < -0.39 is 0 Å². The molecule has 5 heteroatoms. The zero-order chi connectivity index (χ0) is 13.7. The third-order valence-electron chi connectivity index (χ3n) is 3.76. The van der Waals surface area contributed by atoms with Crippen LogP contribution in [0.3, 0.4) is 0 Å². The second kappa shape index (κ2) is 7.01. The van der Waals surface area contributed by atoms with Crippen LogP contribution in [0.4, 0.5) is 5.69 Å². The Balaban J connectivity index is 1.83. The highest BCUT2D eigenvalue weighted by Crippen LogP contribution is 2.27. The van der Waals surface area contributed by atoms with Gasteiger partial charge in [0, 0.05) is 22.6 Å². The summed E-state index contributed by atoms with van der Waals surface area (Å²) in [5.41, 5.74) is 0.933. The van der Waals surface area contributed by atoms with Crippen LogP contribution >= 0.6 is 15.9 Å². The SMILES string of the molecule is O=[N+]([O-])c1cc(Br)ccc1CNCCC1CCCC1. The molecule has 1 saturated carbocycles. The van der Waals surface area contributed by atoms with Crippen molar-refractivity contribution >= 4 is 21.6 Å². The average molecular weight is 327 g/mol. The van der Waals surface area contributed by atoms with E-state index in [1.807, 2.05) is 12.1 Å². The number of nitro groups is 1. The van der Waals surface area contributed by atoms with E-state index in [4.69, 9.17) is 0 Å². The molecule has 104 valence electrons. The van der Waals surface area contributed by atoms with Gasteiger partial charge in [0.15, 0.2) is 0 Å². The first-order valence-corrected chi connectivity index (χ1v) is 7.59. The molecule has 0 saturated heterocycles. The van der Waals surface area contributed by atoms with Crippen molar-refractivity contribution in [1.29, 1.82) is 0 Å². The molecule has 19 heavy (non-hydrogen) atoms. The lowest BCUT2D eigenvalue weighted by atomic mass is 10.0. The topological polar surface area (TPSA) is 55.2 Å². The van der Waals surface area contributed by atoms with Crippen LogP contribution in [0.5, 0.6) is 0 Å². The maximum absolute atomic E-state index is 11.0. The minimum absolute atomic E-state index is 0.183. The van der Waals surface area contributed by atoms with Gasteiger partial charge in [0.1, 0.15) is 0 Å². The third-order valence-corrected chi connectivity index (χ3v) is 4.26. The molecule has 0 heterocycles. The van der Waals surface area contributed by atoms with Crippen molar-refractivity contribution in [3.05, 3.63) is 38.3 Å². The normalized spacial score (nSPS) is 15.8. The molecule has 1 aliphatic carbocycles. The summed E-state index contributed by atoms with van der Waals surface area (Å²) in [6.07, 6.45) is 6.61. The second-order valence-electron chi connectivity index (χ2n) is 5.15. The Labute approximate surface area is 121 Å². The van der Waals surface area contributed by atoms with Crippen LogP contribution in [0.15, 0.2) is 22.7 Å². The van der Waals surface area contributed by atoms with Crippen molar-refractivity contribution in [1.82, 2.24) is 5.32 Å². The van der Waals surface area contributed by atoms with E-state index in [1.165, 1.54) is 32.1 Å². The molecule has 0 atom stereocenters. The van der Waals surface area contributed by atoms with Crippen LogP contribution < -0.4 is 5.32 Å². The Kier molecular flexibility index (Phi) is 5.34. The van der Waals surface area contributed by atoms with Crippen LogP contribution in [0.25, 0.3) is 0 Å². The Morgan fingerprint density at radius 3 is 2.79 bits per heavy atom. The molecule has 0 bridgehead atoms. The van der Waals surface area contributed by atoms with Crippen molar-refractivity contribution < 1.29 is 4.92 Å². The summed E-state index contributed by atoms with van der Waals surface area (Å²) in [5.74, 6) is 0.854. The molecule has 1 aromatic carbocycles. The maximum Gasteiger partial charge on any atom is 0.275 e. The molecule has 0 aliphatic heterocycles. The number of halogens is 1. The standard InChI is InChI=1S/C14H19BrN2O2/c15-13-6-5-12(14(9-13)17(18)19)10-16-8-7-11-3-1-2-4-11/h5-6,9,11,16H,1-4,7-8,10H2. The van der Waals surface area contributed by atoms with E-state index in [1.54, 1.807) is 6.07 Å². The van der Waals surface area contributed by atoms with Gasteiger partial charge in [-0.2, -0.15) is 0 Å². The number of nitrogens with zero attached hydrogens (tertiary/aromatic N) is 1. The fourth-order valence-electron chi connectivity index (χ4n) is 2.68. The predicted octanol–water partition coefficient (Wildman–Crippen LogP) is 4.03. The van der Waals surface area contributed by atoms with Gasteiger partial charge in [0.2, 0.25) is 0 Å². The molecule has 0 amide bonds. The number of nitrogens with one attached hydrogen (secondary N) is 1. The minimum atomic E-state index is -0.321. The fraction of sp³-hybridized carbons (Fsp3) is 0.571. The summed E-state index contributed by atoms with van der Waals surface area (Å²) < 4.78 is 0.744. The molecule has 1 aliphatic rings. The summed E-state index contributed by atoms with van der Waals surface area (Å²) in [4.78, 5) is 10.7. The highest BCUT2D eigenvalue weighted by Gasteiger charge is 2.15. The number of rotatable bonds is 6. The quantitative estimate of drug-likeness (QED) is 0.488. The molecule has 0 spiro atoms. The molecule has 1 fully saturated rings. The first-order valence-electron chi connectivity index (χ1n) is 6.80. The molecule has 4 nitrogen and oxygen atoms in total. The van der Waals surface area contributed by atoms with Crippen molar-refractivity contribution in [2.75, 3.05) is 6.54 Å². The Hall–Kier alpha value is -0.940. The van der Waals surface area contributed by atoms with Gasteiger partial charge in [-0.15, -0.1) is 0 Å². The lowest BCUT2D eigenvalue weighted by molar-refractivity contribution is -0.385. The van der Waals surface area contributed by atoms with Crippen LogP contribution in [0.1, 0.15) is 37.7 Å². The van der Waals surface area contributed by atoms with Gasteiger partial charge in [-0.25, -0.2) is 0 Å². The first-order chi connectivity index (χ1) is 9.16. The lowest BCUT2D eigenvalue weighted by Gasteiger charge is -2.10. The van der Waals surface area contributed by atoms with E-state index in [9.17, 15) is 10.1 Å². The largest absolute Gasteiger partial charge is 0.312 e. The molecular formula is C14H19BrN2O2. The molecule has 0 unspecified atom stereocenters. The minimum Gasteiger partial charge on any atom is -0.312 e. The summed E-state index contributed by atoms with van der Waals surface area (Å²) in [6, 6.07) is 5.22. The van der Waals surface area contributed by atoms with Gasteiger partial charge >= 0.3 is 0 Å². The van der Waals surface area contributed by atoms with Gasteiger partial charge in [0.05, 0.1) is 4.92 Å². The Morgan fingerprint density at radius 1 is 1.37 bits per heavy atom. The second-order valence-corrected chi connectivity index (χ2v) is 6.06. The van der Waals surface area contributed by atoms with Gasteiger partial charge in [0.25, 0.3) is 5.69 Å². The van der Waals surface area contributed by atoms with Crippen LogP contribution in [0.2, 0.25) is 0 Å². The number of hydrogen-bond donors (Lipinski definition) is 1. The van der Waals surface area contributed by atoms with E-state index >= 15 is 0 Å². The van der Waals surface area contributed by atoms with E-state index in [0.29, 0.717) is 6.54 Å². The van der Waals surface area contributed by atoms with Gasteiger partial charge < -0.3 is 5.32 Å². The summed E-state index contributed by atoms with van der Waals surface area (Å²) >= 11 is 3.27. The van der Waals surface area contributed by atoms with E-state index in [-0.39, 0.29) is 10.6 Å². The average Bonchev–Trinajstić information content (AvgIpc) is 2.89. The molecule has 1 N–H and O–H groups in total. The first kappa shape index (κ1) is 14.5. The lowest BCUT2D eigenvalue weighted by Crippen LogP contribution is -2.17. The number of hydrogen-bond acceptors (Lipinski definition) is 3. The fourth-order valence-corrected chi connectivity index (χ4v) is 3.03.